The summed E-state index contributed by atoms with van der Waals surface area (Å²) in [7, 11) is 2.09. The van der Waals surface area contributed by atoms with E-state index in [0.29, 0.717) is 0 Å². The van der Waals surface area contributed by atoms with Gasteiger partial charge >= 0.3 is 0 Å². The van der Waals surface area contributed by atoms with Crippen LogP contribution in [0.5, 0.6) is 0 Å². The van der Waals surface area contributed by atoms with Crippen LogP contribution in [0.15, 0.2) is 21.4 Å². The van der Waals surface area contributed by atoms with Crippen LogP contribution in [-0.4, -0.2) is 23.5 Å². The largest absolute Gasteiger partial charge is 0.465 e. The highest BCUT2D eigenvalue weighted by atomic mass is 32.1. The third kappa shape index (κ3) is 4.44. The maximum atomic E-state index is 5.84. The standard InChI is InChI=1S/C15H23N3OS/c1-4-5-16-7-13-6-15(19-12(13)2)9-18(3)8-14-10-20-11-17-14/h6,10-11,16H,4-5,7-9H2,1-3H3. The first-order valence-electron chi connectivity index (χ1n) is 7.03. The van der Waals surface area contributed by atoms with Crippen molar-refractivity contribution in [3.05, 3.63) is 39.7 Å². The molecule has 20 heavy (non-hydrogen) atoms. The van der Waals surface area contributed by atoms with Crippen molar-refractivity contribution in [2.45, 2.75) is 39.9 Å². The summed E-state index contributed by atoms with van der Waals surface area (Å²) in [6.07, 6.45) is 1.15. The molecule has 0 atom stereocenters. The average molecular weight is 293 g/mol. The van der Waals surface area contributed by atoms with E-state index in [-0.39, 0.29) is 0 Å². The quantitative estimate of drug-likeness (QED) is 0.759. The van der Waals surface area contributed by atoms with Crippen LogP contribution in [0, 0.1) is 6.92 Å². The third-order valence-corrected chi connectivity index (χ3v) is 3.79. The summed E-state index contributed by atoms with van der Waals surface area (Å²) < 4.78 is 5.84. The Bertz CT molecular complexity index is 507. The highest BCUT2D eigenvalue weighted by Crippen LogP contribution is 2.17. The number of aryl methyl sites for hydroxylation is 1. The van der Waals surface area contributed by atoms with E-state index in [9.17, 15) is 0 Å². The highest BCUT2D eigenvalue weighted by molar-refractivity contribution is 7.07. The summed E-state index contributed by atoms with van der Waals surface area (Å²) in [6, 6.07) is 2.16. The van der Waals surface area contributed by atoms with Gasteiger partial charge in [0.15, 0.2) is 0 Å². The zero-order chi connectivity index (χ0) is 14.4. The topological polar surface area (TPSA) is 41.3 Å². The Hall–Kier alpha value is -1.17. The number of hydrogen-bond donors (Lipinski definition) is 1. The van der Waals surface area contributed by atoms with E-state index in [1.54, 1.807) is 11.3 Å². The smallest absolute Gasteiger partial charge is 0.118 e. The summed E-state index contributed by atoms with van der Waals surface area (Å²) in [5, 5.41) is 5.50. The molecule has 0 aliphatic carbocycles. The van der Waals surface area contributed by atoms with Gasteiger partial charge in [-0.3, -0.25) is 4.90 Å². The molecule has 5 heteroatoms. The molecule has 1 N–H and O–H groups in total. The fourth-order valence-electron chi connectivity index (χ4n) is 2.15. The summed E-state index contributed by atoms with van der Waals surface area (Å²) in [6.45, 7) is 7.81. The molecule has 0 bridgehead atoms. The molecule has 0 amide bonds. The minimum Gasteiger partial charge on any atom is -0.465 e. The van der Waals surface area contributed by atoms with Gasteiger partial charge in [0, 0.05) is 24.0 Å². The fourth-order valence-corrected chi connectivity index (χ4v) is 2.70. The van der Waals surface area contributed by atoms with Crippen molar-refractivity contribution >= 4 is 11.3 Å². The SMILES string of the molecule is CCCNCc1cc(CN(C)Cc2cscn2)oc1C. The van der Waals surface area contributed by atoms with Crippen molar-refractivity contribution in [3.63, 3.8) is 0 Å². The van der Waals surface area contributed by atoms with Crippen LogP contribution >= 0.6 is 11.3 Å². The number of nitrogens with one attached hydrogen (secondary N) is 1. The van der Waals surface area contributed by atoms with Crippen LogP contribution in [0.25, 0.3) is 0 Å². The Kier molecular flexibility index (Phi) is 5.76. The number of nitrogens with zero attached hydrogens (tertiary/aromatic N) is 2. The van der Waals surface area contributed by atoms with Crippen LogP contribution in [0.4, 0.5) is 0 Å². The Morgan fingerprint density at radius 2 is 2.25 bits per heavy atom. The second kappa shape index (κ2) is 7.57. The van der Waals surface area contributed by atoms with Gasteiger partial charge in [0.1, 0.15) is 11.5 Å². The molecule has 0 aromatic carbocycles. The van der Waals surface area contributed by atoms with Crippen LogP contribution in [0.1, 0.15) is 36.1 Å². The molecule has 2 aromatic heterocycles. The molecular formula is C15H23N3OS. The van der Waals surface area contributed by atoms with Gasteiger partial charge < -0.3 is 9.73 Å². The lowest BCUT2D eigenvalue weighted by Crippen LogP contribution is -2.17. The predicted octanol–water partition coefficient (Wildman–Crippen LogP) is 3.18. The van der Waals surface area contributed by atoms with Crippen molar-refractivity contribution in [2.24, 2.45) is 0 Å². The van der Waals surface area contributed by atoms with Gasteiger partial charge in [0.2, 0.25) is 0 Å². The molecule has 110 valence electrons. The molecule has 0 aliphatic rings. The molecule has 0 saturated carbocycles. The summed E-state index contributed by atoms with van der Waals surface area (Å²) in [5.41, 5.74) is 4.25. The molecular weight excluding hydrogens is 270 g/mol. The maximum Gasteiger partial charge on any atom is 0.118 e. The first-order chi connectivity index (χ1) is 9.69. The molecule has 0 radical (unpaired) electrons. The molecule has 2 heterocycles. The summed E-state index contributed by atoms with van der Waals surface area (Å²) in [5.74, 6) is 2.04. The van der Waals surface area contributed by atoms with Crippen molar-refractivity contribution in [3.8, 4) is 0 Å². The van der Waals surface area contributed by atoms with Crippen LogP contribution in [0.2, 0.25) is 0 Å². The molecule has 2 rings (SSSR count). The molecule has 0 fully saturated rings. The highest BCUT2D eigenvalue weighted by Gasteiger charge is 2.10. The summed E-state index contributed by atoms with van der Waals surface area (Å²) in [4.78, 5) is 6.53. The Morgan fingerprint density at radius 1 is 1.40 bits per heavy atom. The van der Waals surface area contributed by atoms with Gasteiger partial charge in [-0.15, -0.1) is 11.3 Å². The zero-order valence-corrected chi connectivity index (χ0v) is 13.3. The lowest BCUT2D eigenvalue weighted by atomic mass is 10.2. The molecule has 2 aromatic rings. The number of rotatable bonds is 8. The van der Waals surface area contributed by atoms with Gasteiger partial charge in [-0.2, -0.15) is 0 Å². The monoisotopic (exact) mass is 293 g/mol. The van der Waals surface area contributed by atoms with E-state index in [2.05, 4.69) is 40.6 Å². The molecule has 0 spiro atoms. The van der Waals surface area contributed by atoms with Gasteiger partial charge in [0.25, 0.3) is 0 Å². The maximum absolute atomic E-state index is 5.84. The van der Waals surface area contributed by atoms with E-state index in [1.807, 2.05) is 12.4 Å². The summed E-state index contributed by atoms with van der Waals surface area (Å²) >= 11 is 1.64. The van der Waals surface area contributed by atoms with Crippen molar-refractivity contribution in [1.29, 1.82) is 0 Å². The van der Waals surface area contributed by atoms with Gasteiger partial charge in [-0.25, -0.2) is 4.98 Å². The molecule has 0 aliphatic heterocycles. The second-order valence-corrected chi connectivity index (χ2v) is 5.84. The van der Waals surface area contributed by atoms with E-state index in [0.717, 1.165) is 49.8 Å². The fraction of sp³-hybridized carbons (Fsp3) is 0.533. The van der Waals surface area contributed by atoms with E-state index >= 15 is 0 Å². The predicted molar refractivity (Wildman–Crippen MR) is 82.7 cm³/mol. The Labute approximate surface area is 124 Å². The molecule has 0 unspecified atom stereocenters. The minimum absolute atomic E-state index is 0.812. The Morgan fingerprint density at radius 3 is 2.95 bits per heavy atom. The van der Waals surface area contributed by atoms with Crippen LogP contribution in [-0.2, 0) is 19.6 Å². The number of aromatic nitrogens is 1. The van der Waals surface area contributed by atoms with Crippen molar-refractivity contribution < 1.29 is 4.42 Å². The Balaban J connectivity index is 1.87. The zero-order valence-electron chi connectivity index (χ0n) is 12.5. The first kappa shape index (κ1) is 15.2. The van der Waals surface area contributed by atoms with E-state index in [4.69, 9.17) is 4.42 Å². The van der Waals surface area contributed by atoms with Crippen molar-refractivity contribution in [1.82, 2.24) is 15.2 Å². The third-order valence-electron chi connectivity index (χ3n) is 3.15. The number of furan rings is 1. The second-order valence-electron chi connectivity index (χ2n) is 5.12. The molecule has 0 saturated heterocycles. The average Bonchev–Trinajstić information content (AvgIpc) is 3.00. The van der Waals surface area contributed by atoms with Crippen LogP contribution in [0.3, 0.4) is 0 Å². The van der Waals surface area contributed by atoms with Gasteiger partial charge in [-0.05, 0) is 33.0 Å². The number of hydrogen-bond acceptors (Lipinski definition) is 5. The van der Waals surface area contributed by atoms with E-state index < -0.39 is 0 Å². The van der Waals surface area contributed by atoms with Crippen molar-refractivity contribution in [2.75, 3.05) is 13.6 Å². The molecule has 4 nitrogen and oxygen atoms in total. The minimum atomic E-state index is 0.812. The van der Waals surface area contributed by atoms with Crippen LogP contribution < -0.4 is 5.32 Å². The lowest BCUT2D eigenvalue weighted by Gasteiger charge is -2.13. The van der Waals surface area contributed by atoms with Gasteiger partial charge in [-0.1, -0.05) is 6.92 Å². The number of thiazole rings is 1. The first-order valence-corrected chi connectivity index (χ1v) is 7.97. The van der Waals surface area contributed by atoms with Gasteiger partial charge in [0.05, 0.1) is 17.7 Å². The normalized spacial score (nSPS) is 11.4. The van der Waals surface area contributed by atoms with E-state index in [1.165, 1.54) is 5.56 Å². The lowest BCUT2D eigenvalue weighted by molar-refractivity contribution is 0.282.